The Kier molecular flexibility index (Phi) is 5.45. The Morgan fingerprint density at radius 1 is 1.28 bits per heavy atom. The van der Waals surface area contributed by atoms with E-state index in [9.17, 15) is 0 Å². The normalized spacial score (nSPS) is 16.7. The molecule has 1 N–H and O–H groups in total. The fraction of sp³-hybridized carbons (Fsp3) is 0.571. The third kappa shape index (κ3) is 4.29. The fourth-order valence-corrected chi connectivity index (χ4v) is 2.04. The highest BCUT2D eigenvalue weighted by atomic mass is 16.5. The molecule has 1 aromatic carbocycles. The van der Waals surface area contributed by atoms with E-state index in [4.69, 9.17) is 14.6 Å². The van der Waals surface area contributed by atoms with E-state index in [2.05, 4.69) is 4.90 Å². The lowest BCUT2D eigenvalue weighted by molar-refractivity contribution is 0.0358. The van der Waals surface area contributed by atoms with Crippen LogP contribution in [0.2, 0.25) is 0 Å². The van der Waals surface area contributed by atoms with Gasteiger partial charge in [-0.2, -0.15) is 0 Å². The van der Waals surface area contributed by atoms with Gasteiger partial charge in [0.25, 0.3) is 0 Å². The molecule has 2 rings (SSSR count). The molecule has 0 radical (unpaired) electrons. The molecule has 100 valence electrons. The minimum absolute atomic E-state index is 0.0605. The summed E-state index contributed by atoms with van der Waals surface area (Å²) >= 11 is 0. The van der Waals surface area contributed by atoms with Gasteiger partial charge < -0.3 is 14.6 Å². The lowest BCUT2D eigenvalue weighted by atomic mass is 10.2. The largest absolute Gasteiger partial charge is 0.494 e. The van der Waals surface area contributed by atoms with Crippen molar-refractivity contribution in [2.45, 2.75) is 13.0 Å². The van der Waals surface area contributed by atoms with E-state index in [1.807, 2.05) is 24.3 Å². The quantitative estimate of drug-likeness (QED) is 0.773. The van der Waals surface area contributed by atoms with Crippen LogP contribution in [0.3, 0.4) is 0 Å². The number of nitrogens with zero attached hydrogens (tertiary/aromatic N) is 1. The smallest absolute Gasteiger partial charge is 0.119 e. The van der Waals surface area contributed by atoms with Gasteiger partial charge in [-0.1, -0.05) is 12.1 Å². The maximum absolute atomic E-state index is 9.03. The number of hydrogen-bond donors (Lipinski definition) is 1. The van der Waals surface area contributed by atoms with Crippen molar-refractivity contribution >= 4 is 0 Å². The minimum Gasteiger partial charge on any atom is -0.494 e. The van der Waals surface area contributed by atoms with Crippen LogP contribution in [-0.4, -0.2) is 49.5 Å². The second-order valence-electron chi connectivity index (χ2n) is 4.46. The number of aliphatic hydroxyl groups is 1. The van der Waals surface area contributed by atoms with Gasteiger partial charge >= 0.3 is 0 Å². The third-order valence-corrected chi connectivity index (χ3v) is 3.07. The van der Waals surface area contributed by atoms with Crippen molar-refractivity contribution in [2.24, 2.45) is 0 Å². The molecule has 1 heterocycles. The molecule has 4 heteroatoms. The van der Waals surface area contributed by atoms with Crippen molar-refractivity contribution in [3.05, 3.63) is 29.8 Å². The van der Waals surface area contributed by atoms with Crippen LogP contribution in [0.15, 0.2) is 24.3 Å². The van der Waals surface area contributed by atoms with Gasteiger partial charge in [-0.15, -0.1) is 0 Å². The molecule has 4 nitrogen and oxygen atoms in total. The van der Waals surface area contributed by atoms with Gasteiger partial charge in [0.15, 0.2) is 0 Å². The molecule has 18 heavy (non-hydrogen) atoms. The zero-order chi connectivity index (χ0) is 12.6. The van der Waals surface area contributed by atoms with E-state index in [0.717, 1.165) is 50.6 Å². The highest BCUT2D eigenvalue weighted by Crippen LogP contribution is 2.13. The molecular weight excluding hydrogens is 230 g/mol. The minimum atomic E-state index is 0.0605. The fourth-order valence-electron chi connectivity index (χ4n) is 2.04. The second-order valence-corrected chi connectivity index (χ2v) is 4.46. The van der Waals surface area contributed by atoms with Crippen LogP contribution in [0.1, 0.15) is 12.0 Å². The van der Waals surface area contributed by atoms with E-state index in [-0.39, 0.29) is 6.61 Å². The SMILES string of the molecule is OCc1cccc(OCCCN2CCOCC2)c1. The number of benzene rings is 1. The maximum atomic E-state index is 9.03. The average Bonchev–Trinajstić information content (AvgIpc) is 2.45. The van der Waals surface area contributed by atoms with Gasteiger partial charge in [0.2, 0.25) is 0 Å². The summed E-state index contributed by atoms with van der Waals surface area (Å²) in [5.41, 5.74) is 0.890. The summed E-state index contributed by atoms with van der Waals surface area (Å²) in [6.45, 7) is 5.58. The monoisotopic (exact) mass is 251 g/mol. The van der Waals surface area contributed by atoms with E-state index >= 15 is 0 Å². The summed E-state index contributed by atoms with van der Waals surface area (Å²) in [4.78, 5) is 2.40. The maximum Gasteiger partial charge on any atom is 0.119 e. The van der Waals surface area contributed by atoms with Crippen molar-refractivity contribution < 1.29 is 14.6 Å². The Hall–Kier alpha value is -1.10. The van der Waals surface area contributed by atoms with Crippen molar-refractivity contribution in [3.8, 4) is 5.75 Å². The lowest BCUT2D eigenvalue weighted by Gasteiger charge is -2.26. The van der Waals surface area contributed by atoms with Gasteiger partial charge in [-0.05, 0) is 24.1 Å². The molecule has 0 atom stereocenters. The van der Waals surface area contributed by atoms with Crippen molar-refractivity contribution in [2.75, 3.05) is 39.5 Å². The predicted octanol–water partition coefficient (Wildman–Crippen LogP) is 1.28. The molecule has 1 aromatic rings. The summed E-state index contributed by atoms with van der Waals surface area (Å²) in [7, 11) is 0. The molecule has 0 saturated carbocycles. The Labute approximate surface area is 108 Å². The Morgan fingerprint density at radius 3 is 2.89 bits per heavy atom. The number of hydrogen-bond acceptors (Lipinski definition) is 4. The van der Waals surface area contributed by atoms with Gasteiger partial charge in [-0.25, -0.2) is 0 Å². The molecule has 0 spiro atoms. The first-order chi connectivity index (χ1) is 8.88. The van der Waals surface area contributed by atoms with E-state index in [1.165, 1.54) is 0 Å². The van der Waals surface area contributed by atoms with Crippen molar-refractivity contribution in [1.82, 2.24) is 4.90 Å². The van der Waals surface area contributed by atoms with Gasteiger partial charge in [-0.3, -0.25) is 4.90 Å². The van der Waals surface area contributed by atoms with Crippen LogP contribution in [0.25, 0.3) is 0 Å². The molecule has 0 bridgehead atoms. The highest BCUT2D eigenvalue weighted by Gasteiger charge is 2.09. The average molecular weight is 251 g/mol. The number of aliphatic hydroxyl groups excluding tert-OH is 1. The van der Waals surface area contributed by atoms with Gasteiger partial charge in [0.1, 0.15) is 5.75 Å². The standard InChI is InChI=1S/C14H21NO3/c16-12-13-3-1-4-14(11-13)18-8-2-5-15-6-9-17-10-7-15/h1,3-4,11,16H,2,5-10,12H2. The van der Waals surface area contributed by atoms with Crippen LogP contribution in [0.5, 0.6) is 5.75 Å². The first-order valence-corrected chi connectivity index (χ1v) is 6.51. The van der Waals surface area contributed by atoms with Crippen LogP contribution in [-0.2, 0) is 11.3 Å². The molecule has 1 fully saturated rings. The molecule has 1 aliphatic heterocycles. The van der Waals surface area contributed by atoms with E-state index < -0.39 is 0 Å². The zero-order valence-corrected chi connectivity index (χ0v) is 10.7. The first kappa shape index (κ1) is 13.3. The van der Waals surface area contributed by atoms with E-state index in [1.54, 1.807) is 0 Å². The molecule has 0 aliphatic carbocycles. The number of rotatable bonds is 6. The topological polar surface area (TPSA) is 41.9 Å². The number of morpholine rings is 1. The highest BCUT2D eigenvalue weighted by molar-refractivity contribution is 5.27. The molecule has 0 unspecified atom stereocenters. The van der Waals surface area contributed by atoms with Crippen LogP contribution in [0, 0.1) is 0 Å². The Bertz CT molecular complexity index is 351. The predicted molar refractivity (Wildman–Crippen MR) is 69.7 cm³/mol. The van der Waals surface area contributed by atoms with Gasteiger partial charge in [0.05, 0.1) is 26.4 Å². The Morgan fingerprint density at radius 2 is 2.11 bits per heavy atom. The molecule has 1 aliphatic rings. The first-order valence-electron chi connectivity index (χ1n) is 6.51. The lowest BCUT2D eigenvalue weighted by Crippen LogP contribution is -2.37. The summed E-state index contributed by atoms with van der Waals surface area (Å²) in [5.74, 6) is 0.837. The van der Waals surface area contributed by atoms with Crippen molar-refractivity contribution in [1.29, 1.82) is 0 Å². The molecule has 0 amide bonds. The number of ether oxygens (including phenoxy) is 2. The molecule has 1 saturated heterocycles. The van der Waals surface area contributed by atoms with E-state index in [0.29, 0.717) is 6.61 Å². The summed E-state index contributed by atoms with van der Waals surface area (Å²) in [6, 6.07) is 7.60. The summed E-state index contributed by atoms with van der Waals surface area (Å²) in [5, 5.41) is 9.03. The molecule has 0 aromatic heterocycles. The van der Waals surface area contributed by atoms with Crippen LogP contribution < -0.4 is 4.74 Å². The zero-order valence-electron chi connectivity index (χ0n) is 10.7. The second kappa shape index (κ2) is 7.36. The molecular formula is C14H21NO3. The third-order valence-electron chi connectivity index (χ3n) is 3.07. The van der Waals surface area contributed by atoms with Gasteiger partial charge in [0, 0.05) is 19.6 Å². The summed E-state index contributed by atoms with van der Waals surface area (Å²) < 4.78 is 11.0. The summed E-state index contributed by atoms with van der Waals surface area (Å²) in [6.07, 6.45) is 1.02. The van der Waals surface area contributed by atoms with Crippen LogP contribution >= 0.6 is 0 Å². The van der Waals surface area contributed by atoms with Crippen molar-refractivity contribution in [3.63, 3.8) is 0 Å². The Balaban J connectivity index is 1.65. The van der Waals surface area contributed by atoms with Crippen LogP contribution in [0.4, 0.5) is 0 Å².